The Balaban J connectivity index is 1.63. The third kappa shape index (κ3) is 5.64. The number of nitrogens with zero attached hydrogens (tertiary/aromatic N) is 2. The summed E-state index contributed by atoms with van der Waals surface area (Å²) in [7, 11) is 0. The molecule has 3 amide bonds. The summed E-state index contributed by atoms with van der Waals surface area (Å²) in [6, 6.07) is 14.9. The number of aliphatic hydroxyl groups excluding tert-OH is 1. The van der Waals surface area contributed by atoms with Gasteiger partial charge in [0.1, 0.15) is 18.7 Å². The molecular formula is C25H29N3O5. The van der Waals surface area contributed by atoms with E-state index in [0.717, 1.165) is 21.6 Å². The van der Waals surface area contributed by atoms with Crippen molar-refractivity contribution >= 4 is 23.4 Å². The summed E-state index contributed by atoms with van der Waals surface area (Å²) in [5.74, 6) is -1.31. The van der Waals surface area contributed by atoms with Crippen molar-refractivity contribution in [3.8, 4) is 0 Å². The Kier molecular flexibility index (Phi) is 7.95. The number of Topliss-reactive ketones (excluding diaryl/α,β-unsaturated/α-hetero) is 1. The van der Waals surface area contributed by atoms with E-state index in [1.165, 1.54) is 0 Å². The molecule has 0 aromatic heterocycles. The first-order valence-corrected chi connectivity index (χ1v) is 11.0. The first-order chi connectivity index (χ1) is 15.8. The zero-order valence-corrected chi connectivity index (χ0v) is 18.8. The second-order valence-electron chi connectivity index (χ2n) is 8.47. The largest absolute Gasteiger partial charge is 0.411 e. The van der Waals surface area contributed by atoms with E-state index in [1.54, 1.807) is 13.8 Å². The lowest BCUT2D eigenvalue weighted by atomic mass is 9.97. The Hall–Kier alpha value is -3.52. The number of hydrogen-bond donors (Lipinski definition) is 3. The third-order valence-corrected chi connectivity index (χ3v) is 5.79. The van der Waals surface area contributed by atoms with Crippen LogP contribution in [0, 0.1) is 5.92 Å². The zero-order chi connectivity index (χ0) is 24.0. The van der Waals surface area contributed by atoms with Crippen molar-refractivity contribution in [3.05, 3.63) is 71.3 Å². The minimum absolute atomic E-state index is 0.302. The van der Waals surface area contributed by atoms with Gasteiger partial charge in [0.25, 0.3) is 5.91 Å². The van der Waals surface area contributed by atoms with Crippen LogP contribution in [0.15, 0.2) is 59.8 Å². The Labute approximate surface area is 192 Å². The first kappa shape index (κ1) is 24.1. The predicted molar refractivity (Wildman–Crippen MR) is 123 cm³/mol. The van der Waals surface area contributed by atoms with Crippen LogP contribution in [-0.2, 0) is 22.4 Å². The fraction of sp³-hybridized carbons (Fsp3) is 0.360. The molecule has 1 heterocycles. The Morgan fingerprint density at radius 3 is 2.30 bits per heavy atom. The molecule has 1 saturated heterocycles. The monoisotopic (exact) mass is 451 g/mol. The van der Waals surface area contributed by atoms with Crippen molar-refractivity contribution in [2.24, 2.45) is 11.1 Å². The topological polar surface area (TPSA) is 119 Å². The SMILES string of the molecule is CC(C)[C@H](C(=O)CO)N1C(=O)N[C@@H](CCc2ccc(C(Cc3ccccc3)=NO)cc2)C1=O. The molecule has 0 saturated carbocycles. The van der Waals surface area contributed by atoms with Gasteiger partial charge in [-0.3, -0.25) is 14.5 Å². The lowest BCUT2D eigenvalue weighted by Crippen LogP contribution is -2.49. The van der Waals surface area contributed by atoms with Crippen molar-refractivity contribution in [2.45, 2.75) is 45.2 Å². The van der Waals surface area contributed by atoms with Crippen LogP contribution >= 0.6 is 0 Å². The number of benzene rings is 2. The third-order valence-electron chi connectivity index (χ3n) is 5.79. The lowest BCUT2D eigenvalue weighted by molar-refractivity contribution is -0.137. The number of nitrogens with one attached hydrogen (secondary N) is 1. The Bertz CT molecular complexity index is 1020. The molecule has 0 radical (unpaired) electrons. The summed E-state index contributed by atoms with van der Waals surface area (Å²) >= 11 is 0. The van der Waals surface area contributed by atoms with E-state index in [0.29, 0.717) is 25.0 Å². The van der Waals surface area contributed by atoms with Gasteiger partial charge >= 0.3 is 6.03 Å². The van der Waals surface area contributed by atoms with Crippen molar-refractivity contribution in [2.75, 3.05) is 6.61 Å². The van der Waals surface area contributed by atoms with Crippen molar-refractivity contribution in [3.63, 3.8) is 0 Å². The molecule has 33 heavy (non-hydrogen) atoms. The van der Waals surface area contributed by atoms with Gasteiger partial charge in [-0.2, -0.15) is 0 Å². The van der Waals surface area contributed by atoms with E-state index < -0.39 is 36.4 Å². The van der Waals surface area contributed by atoms with Crippen molar-refractivity contribution in [1.29, 1.82) is 0 Å². The van der Waals surface area contributed by atoms with Gasteiger partial charge in [-0.15, -0.1) is 0 Å². The number of rotatable bonds is 10. The number of carbonyl (C=O) groups excluding carboxylic acids is 3. The summed E-state index contributed by atoms with van der Waals surface area (Å²) in [4.78, 5) is 38.3. The van der Waals surface area contributed by atoms with Gasteiger partial charge in [0.15, 0.2) is 5.78 Å². The molecule has 174 valence electrons. The number of amides is 3. The van der Waals surface area contributed by atoms with E-state index in [4.69, 9.17) is 0 Å². The second-order valence-corrected chi connectivity index (χ2v) is 8.47. The highest BCUT2D eigenvalue weighted by Gasteiger charge is 2.45. The average Bonchev–Trinajstić information content (AvgIpc) is 3.10. The van der Waals surface area contributed by atoms with Crippen molar-refractivity contribution in [1.82, 2.24) is 10.2 Å². The van der Waals surface area contributed by atoms with Crippen LogP contribution in [0.2, 0.25) is 0 Å². The van der Waals surface area contributed by atoms with Gasteiger partial charge < -0.3 is 15.6 Å². The highest BCUT2D eigenvalue weighted by Crippen LogP contribution is 2.21. The highest BCUT2D eigenvalue weighted by atomic mass is 16.4. The maximum absolute atomic E-state index is 12.8. The smallest absolute Gasteiger partial charge is 0.325 e. The number of ketones is 1. The minimum Gasteiger partial charge on any atom is -0.411 e. The van der Waals surface area contributed by atoms with Crippen LogP contribution in [0.3, 0.4) is 0 Å². The number of carbonyl (C=O) groups is 3. The lowest BCUT2D eigenvalue weighted by Gasteiger charge is -2.26. The molecule has 3 rings (SSSR count). The summed E-state index contributed by atoms with van der Waals surface area (Å²) < 4.78 is 0. The van der Waals surface area contributed by atoms with Gasteiger partial charge in [0.05, 0.1) is 5.71 Å². The molecule has 1 aliphatic heterocycles. The van der Waals surface area contributed by atoms with Crippen LogP contribution in [0.5, 0.6) is 0 Å². The van der Waals surface area contributed by atoms with Crippen LogP contribution in [-0.4, -0.2) is 57.3 Å². The quantitative estimate of drug-likeness (QED) is 0.222. The van der Waals surface area contributed by atoms with Crippen molar-refractivity contribution < 1.29 is 24.7 Å². The van der Waals surface area contributed by atoms with Gasteiger partial charge in [-0.1, -0.05) is 73.6 Å². The molecule has 0 unspecified atom stereocenters. The molecule has 0 aliphatic carbocycles. The number of oxime groups is 1. The van der Waals surface area contributed by atoms with E-state index in [-0.39, 0.29) is 5.92 Å². The van der Waals surface area contributed by atoms with Gasteiger partial charge in [0, 0.05) is 6.42 Å². The fourth-order valence-corrected chi connectivity index (χ4v) is 4.07. The molecule has 1 aliphatic rings. The standard InChI is InChI=1S/C25H29N3O5/c1-16(2)23(22(30)15-29)28-24(31)20(26-25(28)32)13-10-17-8-11-19(12-9-17)21(27-33)14-18-6-4-3-5-7-18/h3-9,11-12,16,20,23,29,33H,10,13-15H2,1-2H3,(H,26,32)/t20-,23+/m0/s1. The molecule has 1 fully saturated rings. The molecule has 0 spiro atoms. The molecule has 2 atom stereocenters. The maximum Gasteiger partial charge on any atom is 0.325 e. The van der Waals surface area contributed by atoms with Crippen LogP contribution < -0.4 is 5.32 Å². The summed E-state index contributed by atoms with van der Waals surface area (Å²) in [6.45, 7) is 2.74. The fourth-order valence-electron chi connectivity index (χ4n) is 4.07. The number of aryl methyl sites for hydroxylation is 1. The number of aliphatic hydroxyl groups is 1. The van der Waals surface area contributed by atoms with Gasteiger partial charge in [0.2, 0.25) is 0 Å². The summed E-state index contributed by atoms with van der Waals surface area (Å²) in [5.41, 5.74) is 3.34. The zero-order valence-electron chi connectivity index (χ0n) is 18.8. The highest BCUT2D eigenvalue weighted by molar-refractivity contribution is 6.08. The molecule has 8 heteroatoms. The summed E-state index contributed by atoms with van der Waals surface area (Å²) in [6.07, 6.45) is 1.41. The van der Waals surface area contributed by atoms with Gasteiger partial charge in [-0.05, 0) is 35.4 Å². The molecule has 8 nitrogen and oxygen atoms in total. The maximum atomic E-state index is 12.8. The molecule has 2 aromatic carbocycles. The average molecular weight is 452 g/mol. The van der Waals surface area contributed by atoms with E-state index in [1.807, 2.05) is 54.6 Å². The molecule has 0 bridgehead atoms. The minimum atomic E-state index is -0.979. The van der Waals surface area contributed by atoms with Crippen LogP contribution in [0.1, 0.15) is 37.0 Å². The van der Waals surface area contributed by atoms with E-state index >= 15 is 0 Å². The normalized spacial score (nSPS) is 17.4. The Morgan fingerprint density at radius 1 is 1.06 bits per heavy atom. The Morgan fingerprint density at radius 2 is 1.73 bits per heavy atom. The number of imide groups is 1. The summed E-state index contributed by atoms with van der Waals surface area (Å²) in [5, 5.41) is 24.8. The molecular weight excluding hydrogens is 422 g/mol. The molecule has 2 aromatic rings. The number of hydrogen-bond acceptors (Lipinski definition) is 6. The van der Waals surface area contributed by atoms with E-state index in [9.17, 15) is 24.7 Å². The predicted octanol–water partition coefficient (Wildman–Crippen LogP) is 2.55. The van der Waals surface area contributed by atoms with Crippen LogP contribution in [0.4, 0.5) is 4.79 Å². The molecule has 3 N–H and O–H groups in total. The van der Waals surface area contributed by atoms with Crippen LogP contribution in [0.25, 0.3) is 0 Å². The first-order valence-electron chi connectivity index (χ1n) is 11.0. The second kappa shape index (κ2) is 10.9. The van der Waals surface area contributed by atoms with Gasteiger partial charge in [-0.25, -0.2) is 4.79 Å². The number of urea groups is 1. The van der Waals surface area contributed by atoms with E-state index in [2.05, 4.69) is 10.5 Å².